The molecule has 0 aromatic carbocycles. The fraction of sp³-hybridized carbons (Fsp3) is 0.737. The van der Waals surface area contributed by atoms with Gasteiger partial charge in [0.15, 0.2) is 0 Å². The van der Waals surface area contributed by atoms with Gasteiger partial charge in [-0.2, -0.15) is 0 Å². The first-order chi connectivity index (χ1) is 11.3. The molecule has 4 nitrogen and oxygen atoms in total. The number of aromatic nitrogens is 1. The molecule has 128 valence electrons. The van der Waals surface area contributed by atoms with E-state index in [9.17, 15) is 0 Å². The van der Waals surface area contributed by atoms with Crippen molar-refractivity contribution >= 4 is 0 Å². The second-order valence-electron chi connectivity index (χ2n) is 7.19. The van der Waals surface area contributed by atoms with Crippen molar-refractivity contribution in [3.63, 3.8) is 0 Å². The Morgan fingerprint density at radius 3 is 2.65 bits per heavy atom. The van der Waals surface area contributed by atoms with Gasteiger partial charge in [-0.05, 0) is 32.0 Å². The lowest BCUT2D eigenvalue weighted by Crippen LogP contribution is -2.59. The number of morpholine rings is 1. The molecule has 2 fully saturated rings. The highest BCUT2D eigenvalue weighted by molar-refractivity contribution is 5.04. The third-order valence-corrected chi connectivity index (χ3v) is 5.51. The van der Waals surface area contributed by atoms with Crippen LogP contribution in [-0.4, -0.2) is 66.8 Å². The molecule has 2 aliphatic rings. The summed E-state index contributed by atoms with van der Waals surface area (Å²) >= 11 is 0. The summed E-state index contributed by atoms with van der Waals surface area (Å²) in [5.74, 6) is 0. The second kappa shape index (κ2) is 8.22. The Kier molecular flexibility index (Phi) is 6.03. The van der Waals surface area contributed by atoms with Crippen LogP contribution >= 0.6 is 0 Å². The lowest BCUT2D eigenvalue weighted by Gasteiger charge is -2.49. The van der Waals surface area contributed by atoms with Crippen LogP contribution in [0.15, 0.2) is 24.4 Å². The molecule has 2 heterocycles. The Bertz CT molecular complexity index is 453. The standard InChI is InChI=1S/C19H31N3O/c1-21(12-8-18-7-3-6-11-20-18)17-19(9-4-2-5-10-19)22-13-15-23-16-14-22/h3,6-7,11H,2,4-5,8-10,12-17H2,1H3. The Hall–Kier alpha value is -0.970. The van der Waals surface area contributed by atoms with Crippen molar-refractivity contribution in [1.82, 2.24) is 14.8 Å². The Labute approximate surface area is 140 Å². The molecular formula is C19H31N3O. The van der Waals surface area contributed by atoms with Gasteiger partial charge in [-0.3, -0.25) is 9.88 Å². The first kappa shape index (κ1) is 16.9. The third kappa shape index (κ3) is 4.52. The molecule has 23 heavy (non-hydrogen) atoms. The summed E-state index contributed by atoms with van der Waals surface area (Å²) in [7, 11) is 2.28. The van der Waals surface area contributed by atoms with Crippen LogP contribution in [0.1, 0.15) is 37.8 Å². The largest absolute Gasteiger partial charge is 0.379 e. The first-order valence-corrected chi connectivity index (χ1v) is 9.20. The van der Waals surface area contributed by atoms with Crippen LogP contribution in [0.2, 0.25) is 0 Å². The first-order valence-electron chi connectivity index (χ1n) is 9.20. The summed E-state index contributed by atoms with van der Waals surface area (Å²) in [4.78, 5) is 9.70. The van der Waals surface area contributed by atoms with Gasteiger partial charge in [-0.1, -0.05) is 25.3 Å². The van der Waals surface area contributed by atoms with Crippen LogP contribution < -0.4 is 0 Å². The van der Waals surface area contributed by atoms with E-state index in [1.807, 2.05) is 12.3 Å². The number of ether oxygens (including phenoxy) is 1. The SMILES string of the molecule is CN(CCc1ccccn1)CC1(N2CCOCC2)CCCCC1. The van der Waals surface area contributed by atoms with E-state index in [2.05, 4.69) is 34.0 Å². The van der Waals surface area contributed by atoms with E-state index in [0.717, 1.165) is 39.3 Å². The van der Waals surface area contributed by atoms with Gasteiger partial charge in [-0.15, -0.1) is 0 Å². The molecule has 1 aliphatic carbocycles. The van der Waals surface area contributed by atoms with E-state index >= 15 is 0 Å². The highest BCUT2D eigenvalue weighted by atomic mass is 16.5. The van der Waals surface area contributed by atoms with Crippen LogP contribution in [0.3, 0.4) is 0 Å². The molecule has 4 heteroatoms. The van der Waals surface area contributed by atoms with Gasteiger partial charge < -0.3 is 9.64 Å². The van der Waals surface area contributed by atoms with Crippen LogP contribution in [0, 0.1) is 0 Å². The van der Waals surface area contributed by atoms with Crippen molar-refractivity contribution in [2.24, 2.45) is 0 Å². The van der Waals surface area contributed by atoms with Crippen molar-refractivity contribution < 1.29 is 4.74 Å². The number of hydrogen-bond donors (Lipinski definition) is 0. The molecule has 0 unspecified atom stereocenters. The van der Waals surface area contributed by atoms with Crippen LogP contribution in [0.4, 0.5) is 0 Å². The summed E-state index contributed by atoms with van der Waals surface area (Å²) < 4.78 is 5.58. The van der Waals surface area contributed by atoms with E-state index in [1.54, 1.807) is 0 Å². The van der Waals surface area contributed by atoms with Crippen molar-refractivity contribution in [2.45, 2.75) is 44.1 Å². The molecule has 0 bridgehead atoms. The van der Waals surface area contributed by atoms with Gasteiger partial charge >= 0.3 is 0 Å². The summed E-state index contributed by atoms with van der Waals surface area (Å²) in [6, 6.07) is 6.20. The quantitative estimate of drug-likeness (QED) is 0.806. The van der Waals surface area contributed by atoms with E-state index < -0.39 is 0 Å². The minimum atomic E-state index is 0.376. The maximum atomic E-state index is 5.58. The van der Waals surface area contributed by atoms with Crippen molar-refractivity contribution in [1.29, 1.82) is 0 Å². The van der Waals surface area contributed by atoms with E-state index in [1.165, 1.54) is 44.3 Å². The highest BCUT2D eigenvalue weighted by Gasteiger charge is 2.39. The third-order valence-electron chi connectivity index (χ3n) is 5.51. The van der Waals surface area contributed by atoms with E-state index in [4.69, 9.17) is 4.74 Å². The summed E-state index contributed by atoms with van der Waals surface area (Å²) in [6.07, 6.45) is 9.80. The van der Waals surface area contributed by atoms with Gasteiger partial charge in [0.25, 0.3) is 0 Å². The fourth-order valence-electron chi connectivity index (χ4n) is 4.25. The summed E-state index contributed by atoms with van der Waals surface area (Å²) in [6.45, 7) is 6.28. The average Bonchev–Trinajstić information content (AvgIpc) is 2.62. The molecule has 0 spiro atoms. The molecule has 0 atom stereocenters. The normalized spacial score (nSPS) is 22.3. The smallest absolute Gasteiger partial charge is 0.0594 e. The monoisotopic (exact) mass is 317 g/mol. The molecule has 3 rings (SSSR count). The van der Waals surface area contributed by atoms with Gasteiger partial charge in [0.1, 0.15) is 0 Å². The summed E-state index contributed by atoms with van der Waals surface area (Å²) in [5.41, 5.74) is 1.57. The minimum absolute atomic E-state index is 0.376. The molecule has 1 saturated heterocycles. The summed E-state index contributed by atoms with van der Waals surface area (Å²) in [5, 5.41) is 0. The molecule has 0 N–H and O–H groups in total. The highest BCUT2D eigenvalue weighted by Crippen LogP contribution is 2.35. The van der Waals surface area contributed by atoms with Crippen molar-refractivity contribution in [3.8, 4) is 0 Å². The predicted octanol–water partition coefficient (Wildman–Crippen LogP) is 2.59. The second-order valence-corrected chi connectivity index (χ2v) is 7.19. The van der Waals surface area contributed by atoms with Crippen molar-refractivity contribution in [2.75, 3.05) is 46.4 Å². The number of rotatable bonds is 6. The lowest BCUT2D eigenvalue weighted by molar-refractivity contribution is -0.0482. The molecular weight excluding hydrogens is 286 g/mol. The Morgan fingerprint density at radius 1 is 1.17 bits per heavy atom. The Balaban J connectivity index is 1.58. The minimum Gasteiger partial charge on any atom is -0.379 e. The molecule has 1 aliphatic heterocycles. The lowest BCUT2D eigenvalue weighted by atomic mass is 9.79. The predicted molar refractivity (Wildman–Crippen MR) is 93.6 cm³/mol. The Morgan fingerprint density at radius 2 is 1.96 bits per heavy atom. The topological polar surface area (TPSA) is 28.6 Å². The van der Waals surface area contributed by atoms with Crippen molar-refractivity contribution in [3.05, 3.63) is 30.1 Å². The molecule has 0 radical (unpaired) electrons. The zero-order chi connectivity index (χ0) is 16.0. The van der Waals surface area contributed by atoms with E-state index in [0.29, 0.717) is 5.54 Å². The maximum Gasteiger partial charge on any atom is 0.0594 e. The van der Waals surface area contributed by atoms with Gasteiger partial charge in [0, 0.05) is 50.0 Å². The van der Waals surface area contributed by atoms with Crippen LogP contribution in [0.5, 0.6) is 0 Å². The molecule has 1 aromatic heterocycles. The molecule has 0 amide bonds. The number of hydrogen-bond acceptors (Lipinski definition) is 4. The van der Waals surface area contributed by atoms with Gasteiger partial charge in [0.2, 0.25) is 0 Å². The zero-order valence-electron chi connectivity index (χ0n) is 14.5. The molecule has 1 saturated carbocycles. The average molecular weight is 317 g/mol. The molecule has 1 aromatic rings. The number of pyridine rings is 1. The fourth-order valence-corrected chi connectivity index (χ4v) is 4.25. The van der Waals surface area contributed by atoms with Crippen LogP contribution in [-0.2, 0) is 11.2 Å². The zero-order valence-corrected chi connectivity index (χ0v) is 14.5. The van der Waals surface area contributed by atoms with Gasteiger partial charge in [0.05, 0.1) is 13.2 Å². The van der Waals surface area contributed by atoms with E-state index in [-0.39, 0.29) is 0 Å². The maximum absolute atomic E-state index is 5.58. The van der Waals surface area contributed by atoms with Crippen LogP contribution in [0.25, 0.3) is 0 Å². The number of nitrogens with zero attached hydrogens (tertiary/aromatic N) is 3. The van der Waals surface area contributed by atoms with Gasteiger partial charge in [-0.25, -0.2) is 0 Å². The number of likely N-dealkylation sites (N-methyl/N-ethyl adjacent to an activating group) is 1.